The highest BCUT2D eigenvalue weighted by atomic mass is 35.5. The van der Waals surface area contributed by atoms with Gasteiger partial charge in [-0.1, -0.05) is 11.6 Å². The van der Waals surface area contributed by atoms with Gasteiger partial charge in [0.1, 0.15) is 5.82 Å². The molecule has 0 spiro atoms. The van der Waals surface area contributed by atoms with Gasteiger partial charge in [0.05, 0.1) is 21.2 Å². The molecule has 0 aliphatic carbocycles. The molecule has 0 saturated carbocycles. The molecule has 19 heavy (non-hydrogen) atoms. The molecule has 0 fully saturated rings. The van der Waals surface area contributed by atoms with Crippen molar-refractivity contribution in [1.29, 1.82) is 0 Å². The molecule has 8 heteroatoms. The molecule has 0 radical (unpaired) electrons. The van der Waals surface area contributed by atoms with E-state index in [2.05, 4.69) is 0 Å². The van der Waals surface area contributed by atoms with Crippen molar-refractivity contribution >= 4 is 39.2 Å². The number of aromatic carboxylic acids is 1. The zero-order chi connectivity index (χ0) is 14.6. The van der Waals surface area contributed by atoms with E-state index in [0.29, 0.717) is 12.2 Å². The lowest BCUT2D eigenvalue weighted by atomic mass is 10.2. The molecule has 1 N–H and O–H groups in total. The molecular formula is C11H12ClFO4S2. The maximum atomic E-state index is 13.5. The third-order valence-corrected chi connectivity index (χ3v) is 5.21. The van der Waals surface area contributed by atoms with Crippen molar-refractivity contribution < 1.29 is 22.7 Å². The number of sulfone groups is 1. The third kappa shape index (κ3) is 4.09. The Labute approximate surface area is 119 Å². The lowest BCUT2D eigenvalue weighted by Gasteiger charge is -2.07. The highest BCUT2D eigenvalue weighted by Gasteiger charge is 2.21. The first-order valence-electron chi connectivity index (χ1n) is 5.23. The molecule has 0 unspecified atom stereocenters. The lowest BCUT2D eigenvalue weighted by molar-refractivity contribution is 0.0696. The summed E-state index contributed by atoms with van der Waals surface area (Å²) in [4.78, 5) is 10.5. The van der Waals surface area contributed by atoms with Gasteiger partial charge in [-0.2, -0.15) is 11.8 Å². The van der Waals surface area contributed by atoms with Crippen LogP contribution in [0.25, 0.3) is 0 Å². The van der Waals surface area contributed by atoms with E-state index in [1.165, 1.54) is 11.8 Å². The molecule has 1 aromatic rings. The van der Waals surface area contributed by atoms with Crippen molar-refractivity contribution in [1.82, 2.24) is 0 Å². The largest absolute Gasteiger partial charge is 0.478 e. The van der Waals surface area contributed by atoms with Gasteiger partial charge in [-0.05, 0) is 30.6 Å². The van der Waals surface area contributed by atoms with Gasteiger partial charge in [-0.3, -0.25) is 0 Å². The monoisotopic (exact) mass is 326 g/mol. The number of hydrogen-bond donors (Lipinski definition) is 1. The van der Waals surface area contributed by atoms with Crippen LogP contribution in [0.4, 0.5) is 4.39 Å². The zero-order valence-electron chi connectivity index (χ0n) is 10.0. The second kappa shape index (κ2) is 6.58. The van der Waals surface area contributed by atoms with Crippen molar-refractivity contribution in [3.05, 3.63) is 28.5 Å². The summed E-state index contributed by atoms with van der Waals surface area (Å²) in [5, 5.41) is 8.26. The lowest BCUT2D eigenvalue weighted by Crippen LogP contribution is -2.10. The summed E-state index contributed by atoms with van der Waals surface area (Å²) in [5.74, 6) is -2.02. The molecule has 106 valence electrons. The second-order valence-electron chi connectivity index (χ2n) is 3.74. The van der Waals surface area contributed by atoms with Gasteiger partial charge in [0.15, 0.2) is 9.84 Å². The van der Waals surface area contributed by atoms with Crippen molar-refractivity contribution in [2.75, 3.05) is 17.8 Å². The Hall–Kier alpha value is -0.790. The van der Waals surface area contributed by atoms with E-state index in [9.17, 15) is 17.6 Å². The van der Waals surface area contributed by atoms with E-state index in [1.807, 2.05) is 6.26 Å². The van der Waals surface area contributed by atoms with Crippen LogP contribution in [0.3, 0.4) is 0 Å². The van der Waals surface area contributed by atoms with E-state index >= 15 is 0 Å². The van der Waals surface area contributed by atoms with Gasteiger partial charge in [-0.25, -0.2) is 17.6 Å². The highest BCUT2D eigenvalue weighted by molar-refractivity contribution is 7.98. The predicted molar refractivity (Wildman–Crippen MR) is 73.4 cm³/mol. The number of thioether (sulfide) groups is 1. The van der Waals surface area contributed by atoms with E-state index in [0.717, 1.165) is 12.1 Å². The van der Waals surface area contributed by atoms with Crippen LogP contribution in [-0.4, -0.2) is 37.3 Å². The Morgan fingerprint density at radius 2 is 2.11 bits per heavy atom. The van der Waals surface area contributed by atoms with Crippen LogP contribution >= 0.6 is 23.4 Å². The standard InChI is InChI=1S/C11H12ClFO4S2/c1-18-3-2-4-19(16,17)7-5-8(11(14)15)10(12)9(13)6-7/h5-6H,2-4H2,1H3,(H,14,15). The maximum absolute atomic E-state index is 13.5. The fraction of sp³-hybridized carbons (Fsp3) is 0.364. The number of carboxylic acid groups (broad SMARTS) is 1. The fourth-order valence-electron chi connectivity index (χ4n) is 1.41. The maximum Gasteiger partial charge on any atom is 0.337 e. The van der Waals surface area contributed by atoms with Crippen molar-refractivity contribution in [3.63, 3.8) is 0 Å². The SMILES string of the molecule is CSCCCS(=O)(=O)c1cc(F)c(Cl)c(C(=O)O)c1. The molecule has 0 aliphatic rings. The van der Waals surface area contributed by atoms with E-state index in [-0.39, 0.29) is 10.6 Å². The Bertz CT molecular complexity index is 587. The van der Waals surface area contributed by atoms with Crippen LogP contribution < -0.4 is 0 Å². The minimum atomic E-state index is -3.70. The topological polar surface area (TPSA) is 71.4 Å². The van der Waals surface area contributed by atoms with E-state index < -0.39 is 32.2 Å². The van der Waals surface area contributed by atoms with Crippen LogP contribution in [0.1, 0.15) is 16.8 Å². The Morgan fingerprint density at radius 3 is 2.63 bits per heavy atom. The summed E-state index contributed by atoms with van der Waals surface area (Å²) in [7, 11) is -3.70. The smallest absolute Gasteiger partial charge is 0.337 e. The quantitative estimate of drug-likeness (QED) is 0.814. The molecule has 0 bridgehead atoms. The van der Waals surface area contributed by atoms with Gasteiger partial charge < -0.3 is 5.11 Å². The van der Waals surface area contributed by atoms with Crippen LogP contribution in [-0.2, 0) is 9.84 Å². The summed E-state index contributed by atoms with van der Waals surface area (Å²) in [6, 6.07) is 1.64. The Morgan fingerprint density at radius 1 is 1.47 bits per heavy atom. The van der Waals surface area contributed by atoms with Crippen molar-refractivity contribution in [2.45, 2.75) is 11.3 Å². The second-order valence-corrected chi connectivity index (χ2v) is 7.21. The number of rotatable bonds is 6. The Balaban J connectivity index is 3.17. The summed E-state index contributed by atoms with van der Waals surface area (Å²) in [6.07, 6.45) is 2.26. The van der Waals surface area contributed by atoms with Crippen LogP contribution in [0.2, 0.25) is 5.02 Å². The summed E-state index contributed by atoms with van der Waals surface area (Å²) < 4.78 is 37.3. The minimum Gasteiger partial charge on any atom is -0.478 e. The molecular weight excluding hydrogens is 315 g/mol. The molecule has 0 aliphatic heterocycles. The van der Waals surface area contributed by atoms with Crippen LogP contribution in [0, 0.1) is 5.82 Å². The molecule has 1 aromatic carbocycles. The highest BCUT2D eigenvalue weighted by Crippen LogP contribution is 2.25. The van der Waals surface area contributed by atoms with Crippen molar-refractivity contribution in [2.24, 2.45) is 0 Å². The molecule has 0 saturated heterocycles. The first kappa shape index (κ1) is 16.3. The molecule has 0 heterocycles. The molecule has 0 atom stereocenters. The number of carboxylic acids is 1. The fourth-order valence-corrected chi connectivity index (χ4v) is 3.56. The zero-order valence-corrected chi connectivity index (χ0v) is 12.4. The average Bonchev–Trinajstić information content (AvgIpc) is 2.32. The average molecular weight is 327 g/mol. The predicted octanol–water partition coefficient (Wildman–Crippen LogP) is 2.70. The van der Waals surface area contributed by atoms with Crippen LogP contribution in [0.15, 0.2) is 17.0 Å². The molecule has 4 nitrogen and oxygen atoms in total. The molecule has 0 aromatic heterocycles. The van der Waals surface area contributed by atoms with E-state index in [1.54, 1.807) is 0 Å². The summed E-state index contributed by atoms with van der Waals surface area (Å²) in [5.41, 5.74) is -0.551. The first-order valence-corrected chi connectivity index (χ1v) is 8.66. The van der Waals surface area contributed by atoms with Gasteiger partial charge >= 0.3 is 5.97 Å². The van der Waals surface area contributed by atoms with Gasteiger partial charge in [0, 0.05) is 0 Å². The number of halogens is 2. The van der Waals surface area contributed by atoms with E-state index in [4.69, 9.17) is 16.7 Å². The normalized spacial score (nSPS) is 11.5. The van der Waals surface area contributed by atoms with Gasteiger partial charge in [-0.15, -0.1) is 0 Å². The number of carbonyl (C=O) groups is 1. The van der Waals surface area contributed by atoms with Crippen molar-refractivity contribution in [3.8, 4) is 0 Å². The number of benzene rings is 1. The number of hydrogen-bond acceptors (Lipinski definition) is 4. The van der Waals surface area contributed by atoms with Crippen LogP contribution in [0.5, 0.6) is 0 Å². The Kier molecular flexibility index (Phi) is 5.64. The first-order chi connectivity index (χ1) is 8.79. The van der Waals surface area contributed by atoms with Gasteiger partial charge in [0.25, 0.3) is 0 Å². The third-order valence-electron chi connectivity index (χ3n) is 2.35. The summed E-state index contributed by atoms with van der Waals surface area (Å²) in [6.45, 7) is 0. The minimum absolute atomic E-state index is 0.159. The molecule has 1 rings (SSSR count). The van der Waals surface area contributed by atoms with Gasteiger partial charge in [0.2, 0.25) is 0 Å². The molecule has 0 amide bonds. The summed E-state index contributed by atoms with van der Waals surface area (Å²) >= 11 is 6.98.